The summed E-state index contributed by atoms with van der Waals surface area (Å²) in [5.41, 5.74) is 11.3. The molecule has 41 heavy (non-hydrogen) atoms. The third kappa shape index (κ3) is 6.77. The maximum atomic E-state index is 13.7. The average Bonchev–Trinajstić information content (AvgIpc) is 3.19. The van der Waals surface area contributed by atoms with Crippen molar-refractivity contribution in [1.29, 1.82) is 0 Å². The maximum Gasteiger partial charge on any atom is 0.264 e. The van der Waals surface area contributed by atoms with Crippen molar-refractivity contribution in [3.05, 3.63) is 112 Å². The molecule has 0 bridgehead atoms. The molecule has 7 nitrogen and oxygen atoms in total. The Hall–Kier alpha value is -4.17. The van der Waals surface area contributed by atoms with Crippen molar-refractivity contribution >= 4 is 27.8 Å². The summed E-state index contributed by atoms with van der Waals surface area (Å²) >= 11 is 0. The Labute approximate surface area is 243 Å². The van der Waals surface area contributed by atoms with Crippen LogP contribution in [0.1, 0.15) is 59.0 Å². The molecule has 0 fully saturated rings. The van der Waals surface area contributed by atoms with Gasteiger partial charge in [0, 0.05) is 22.6 Å². The van der Waals surface area contributed by atoms with E-state index < -0.39 is 22.5 Å². The molecular formula is C33H38N4O3S. The summed E-state index contributed by atoms with van der Waals surface area (Å²) in [5.74, 6) is -0.256. The van der Waals surface area contributed by atoms with Gasteiger partial charge in [0.1, 0.15) is 6.54 Å². The number of sulfonamides is 1. The number of nitrogens with one attached hydrogen (secondary N) is 1. The first-order valence-corrected chi connectivity index (χ1v) is 15.1. The van der Waals surface area contributed by atoms with Crippen molar-refractivity contribution < 1.29 is 13.2 Å². The summed E-state index contributed by atoms with van der Waals surface area (Å²) in [5, 5.41) is 4.18. The number of hydrogen-bond donors (Lipinski definition) is 1. The second-order valence-corrected chi connectivity index (χ2v) is 12.7. The average molecular weight is 571 g/mol. The van der Waals surface area contributed by atoms with Crippen molar-refractivity contribution in [3.8, 4) is 5.69 Å². The minimum Gasteiger partial charge on any atom is -0.318 e. The lowest BCUT2D eigenvalue weighted by Gasteiger charge is -2.24. The third-order valence-corrected chi connectivity index (χ3v) is 8.86. The molecule has 1 N–H and O–H groups in total. The Morgan fingerprint density at radius 2 is 1.49 bits per heavy atom. The van der Waals surface area contributed by atoms with Gasteiger partial charge in [0.25, 0.3) is 15.9 Å². The van der Waals surface area contributed by atoms with Gasteiger partial charge < -0.3 is 4.57 Å². The van der Waals surface area contributed by atoms with E-state index >= 15 is 0 Å². The molecule has 0 saturated heterocycles. The van der Waals surface area contributed by atoms with E-state index in [1.807, 2.05) is 39.0 Å². The molecular weight excluding hydrogens is 532 g/mol. The van der Waals surface area contributed by atoms with Crippen molar-refractivity contribution in [1.82, 2.24) is 9.99 Å². The van der Waals surface area contributed by atoms with Crippen LogP contribution < -0.4 is 9.73 Å². The molecule has 0 spiro atoms. The van der Waals surface area contributed by atoms with Crippen molar-refractivity contribution in [2.75, 3.05) is 10.8 Å². The first-order chi connectivity index (χ1) is 19.4. The summed E-state index contributed by atoms with van der Waals surface area (Å²) in [7, 11) is -4.01. The maximum absolute atomic E-state index is 13.7. The summed E-state index contributed by atoms with van der Waals surface area (Å²) in [4.78, 5) is 13.2. The SMILES string of the molecule is Cc1ccc(S(=O)(=O)N(CC(=O)N/N=C\c2cc(C)n(-c3cc(C)cc(C)c3)c2C)c2ccc(C(C)C)cc2)cc1. The monoisotopic (exact) mass is 570 g/mol. The number of benzene rings is 3. The normalized spacial score (nSPS) is 11.8. The smallest absolute Gasteiger partial charge is 0.264 e. The molecule has 4 aromatic rings. The van der Waals surface area contributed by atoms with E-state index in [9.17, 15) is 13.2 Å². The first kappa shape index (κ1) is 29.8. The number of carbonyl (C=O) groups is 1. The fraction of sp³-hybridized carbons (Fsp3) is 0.273. The lowest BCUT2D eigenvalue weighted by molar-refractivity contribution is -0.119. The molecule has 1 aromatic heterocycles. The van der Waals surface area contributed by atoms with Crippen LogP contribution in [0.2, 0.25) is 0 Å². The highest BCUT2D eigenvalue weighted by atomic mass is 32.2. The zero-order chi connectivity index (χ0) is 29.9. The van der Waals surface area contributed by atoms with Crippen LogP contribution in [0.5, 0.6) is 0 Å². The number of nitrogens with zero attached hydrogens (tertiary/aromatic N) is 3. The standard InChI is InChI=1S/C33H38N4O3S/c1-22(2)28-10-12-30(13-11-28)36(41(39,40)32-14-8-23(3)9-15-32)21-33(38)35-34-20-29-19-26(6)37(27(29)7)31-17-24(4)16-25(5)18-31/h8-20,22H,21H2,1-7H3,(H,35,38)/b34-20-. The van der Waals surface area contributed by atoms with Crippen molar-refractivity contribution in [2.24, 2.45) is 5.10 Å². The number of carbonyl (C=O) groups excluding carboxylic acids is 1. The summed E-state index contributed by atoms with van der Waals surface area (Å²) in [6.45, 7) is 13.8. The molecule has 0 radical (unpaired) electrons. The third-order valence-electron chi connectivity index (χ3n) is 7.07. The lowest BCUT2D eigenvalue weighted by Crippen LogP contribution is -2.39. The number of hydrazone groups is 1. The number of amides is 1. The highest BCUT2D eigenvalue weighted by Gasteiger charge is 2.27. The molecule has 0 saturated carbocycles. The molecule has 0 atom stereocenters. The molecule has 8 heteroatoms. The van der Waals surface area contributed by atoms with Gasteiger partial charge in [0.05, 0.1) is 16.8 Å². The fourth-order valence-electron chi connectivity index (χ4n) is 4.91. The molecule has 4 rings (SSSR count). The van der Waals surface area contributed by atoms with Crippen LogP contribution in [-0.4, -0.2) is 31.7 Å². The second kappa shape index (κ2) is 12.1. The van der Waals surface area contributed by atoms with Gasteiger partial charge in [-0.15, -0.1) is 0 Å². The predicted molar refractivity (Wildman–Crippen MR) is 167 cm³/mol. The van der Waals surface area contributed by atoms with Gasteiger partial charge in [-0.05, 0) is 99.7 Å². The number of hydrogen-bond acceptors (Lipinski definition) is 4. The zero-order valence-corrected chi connectivity index (χ0v) is 25.6. The number of aromatic nitrogens is 1. The van der Waals surface area contributed by atoms with Gasteiger partial charge in [-0.2, -0.15) is 5.10 Å². The van der Waals surface area contributed by atoms with Crippen LogP contribution in [0.3, 0.4) is 0 Å². The minimum atomic E-state index is -4.01. The van der Waals surface area contributed by atoms with Crippen LogP contribution in [0.15, 0.2) is 82.8 Å². The van der Waals surface area contributed by atoms with Crippen molar-refractivity contribution in [2.45, 2.75) is 59.3 Å². The van der Waals surface area contributed by atoms with Crippen LogP contribution in [-0.2, 0) is 14.8 Å². The van der Waals surface area contributed by atoms with Gasteiger partial charge in [-0.25, -0.2) is 13.8 Å². The Morgan fingerprint density at radius 1 is 0.878 bits per heavy atom. The van der Waals surface area contributed by atoms with E-state index in [1.54, 1.807) is 42.6 Å². The Balaban J connectivity index is 1.57. The second-order valence-electron chi connectivity index (χ2n) is 10.9. The molecule has 1 heterocycles. The summed E-state index contributed by atoms with van der Waals surface area (Å²) < 4.78 is 30.6. The molecule has 1 amide bonds. The van der Waals surface area contributed by atoms with E-state index in [1.165, 1.54) is 11.1 Å². The Morgan fingerprint density at radius 3 is 2.07 bits per heavy atom. The Kier molecular flexibility index (Phi) is 8.83. The number of anilines is 1. The zero-order valence-electron chi connectivity index (χ0n) is 24.8. The molecule has 3 aromatic carbocycles. The van der Waals surface area contributed by atoms with Gasteiger partial charge in [0.2, 0.25) is 0 Å². The number of aryl methyl sites for hydroxylation is 4. The molecule has 214 valence electrons. The van der Waals surface area contributed by atoms with Crippen LogP contribution in [0.25, 0.3) is 5.69 Å². The van der Waals surface area contributed by atoms with Crippen molar-refractivity contribution in [3.63, 3.8) is 0 Å². The summed E-state index contributed by atoms with van der Waals surface area (Å²) in [6, 6.07) is 22.3. The fourth-order valence-corrected chi connectivity index (χ4v) is 6.33. The molecule has 0 aliphatic rings. The van der Waals surface area contributed by atoms with E-state index in [2.05, 4.69) is 61.0 Å². The van der Waals surface area contributed by atoms with Crippen LogP contribution >= 0.6 is 0 Å². The predicted octanol–water partition coefficient (Wildman–Crippen LogP) is 6.49. The number of rotatable bonds is 9. The largest absolute Gasteiger partial charge is 0.318 e. The van der Waals surface area contributed by atoms with Crippen LogP contribution in [0, 0.1) is 34.6 Å². The van der Waals surface area contributed by atoms with Gasteiger partial charge in [-0.1, -0.05) is 49.7 Å². The highest BCUT2D eigenvalue weighted by Crippen LogP contribution is 2.26. The quantitative estimate of drug-likeness (QED) is 0.184. The van der Waals surface area contributed by atoms with E-state index in [0.717, 1.165) is 38.1 Å². The van der Waals surface area contributed by atoms with Gasteiger partial charge in [-0.3, -0.25) is 9.10 Å². The molecule has 0 aliphatic heterocycles. The topological polar surface area (TPSA) is 83.8 Å². The van der Waals surface area contributed by atoms with E-state index in [0.29, 0.717) is 11.6 Å². The highest BCUT2D eigenvalue weighted by molar-refractivity contribution is 7.92. The molecule has 0 unspecified atom stereocenters. The van der Waals surface area contributed by atoms with Gasteiger partial charge in [0.15, 0.2) is 0 Å². The Bertz CT molecular complexity index is 1660. The van der Waals surface area contributed by atoms with E-state index in [4.69, 9.17) is 0 Å². The van der Waals surface area contributed by atoms with E-state index in [-0.39, 0.29) is 4.90 Å². The van der Waals surface area contributed by atoms with Crippen LogP contribution in [0.4, 0.5) is 5.69 Å². The summed E-state index contributed by atoms with van der Waals surface area (Å²) in [6.07, 6.45) is 1.59. The lowest BCUT2D eigenvalue weighted by atomic mass is 10.0. The first-order valence-electron chi connectivity index (χ1n) is 13.7. The van der Waals surface area contributed by atoms with Gasteiger partial charge >= 0.3 is 0 Å². The minimum absolute atomic E-state index is 0.117. The molecule has 0 aliphatic carbocycles.